The molecular formula is C27H26F2N2O2+2. The van der Waals surface area contributed by atoms with Crippen LogP contribution in [0.25, 0.3) is 17.3 Å². The maximum absolute atomic E-state index is 15.1. The number of esters is 1. The fourth-order valence-corrected chi connectivity index (χ4v) is 5.86. The maximum Gasteiger partial charge on any atom is 0.403 e. The Balaban J connectivity index is 1.60. The summed E-state index contributed by atoms with van der Waals surface area (Å²) in [4.78, 5) is 13.0. The van der Waals surface area contributed by atoms with Gasteiger partial charge in [-0.05, 0) is 30.2 Å². The molecule has 1 fully saturated rings. The molecule has 3 heterocycles. The average Bonchev–Trinajstić information content (AvgIpc) is 3.37. The van der Waals surface area contributed by atoms with Gasteiger partial charge in [-0.2, -0.15) is 9.13 Å². The van der Waals surface area contributed by atoms with Crippen LogP contribution in [-0.2, 0) is 17.2 Å². The van der Waals surface area contributed by atoms with Crippen molar-refractivity contribution >= 4 is 12.0 Å². The first-order valence-corrected chi connectivity index (χ1v) is 11.1. The van der Waals surface area contributed by atoms with E-state index in [1.54, 1.807) is 36.0 Å². The molecule has 6 heteroatoms. The predicted molar refractivity (Wildman–Crippen MR) is 119 cm³/mol. The molecule has 4 nitrogen and oxygen atoms in total. The van der Waals surface area contributed by atoms with Crippen molar-refractivity contribution in [3.63, 3.8) is 0 Å². The molecule has 3 unspecified atom stereocenters. The molecule has 2 aromatic heterocycles. The predicted octanol–water partition coefficient (Wildman–Crippen LogP) is 4.47. The zero-order chi connectivity index (χ0) is 23.5. The van der Waals surface area contributed by atoms with Gasteiger partial charge in [-0.25, -0.2) is 13.6 Å². The highest BCUT2D eigenvalue weighted by atomic mass is 19.1. The van der Waals surface area contributed by atoms with Gasteiger partial charge in [0.05, 0.1) is 5.56 Å². The van der Waals surface area contributed by atoms with Crippen molar-refractivity contribution in [2.75, 3.05) is 6.61 Å². The first-order valence-electron chi connectivity index (χ1n) is 11.1. The maximum atomic E-state index is 15.1. The Morgan fingerprint density at radius 3 is 2.73 bits per heavy atom. The summed E-state index contributed by atoms with van der Waals surface area (Å²) in [5.74, 6) is -1.71. The summed E-state index contributed by atoms with van der Waals surface area (Å²) in [5, 5.41) is 0. The lowest BCUT2D eigenvalue weighted by molar-refractivity contribution is -0.700. The number of hydrogen-bond donors (Lipinski definition) is 0. The van der Waals surface area contributed by atoms with Crippen LogP contribution in [0.15, 0.2) is 61.4 Å². The third-order valence-electron chi connectivity index (χ3n) is 7.73. The molecule has 2 aliphatic rings. The molecule has 5 rings (SSSR count). The van der Waals surface area contributed by atoms with Crippen LogP contribution in [0.1, 0.15) is 47.9 Å². The molecule has 0 saturated heterocycles. The number of aryl methyl sites for hydroxylation is 1. The number of ether oxygens (including phenoxy) is 1. The van der Waals surface area contributed by atoms with Crippen molar-refractivity contribution in [3.05, 3.63) is 89.9 Å². The Labute approximate surface area is 191 Å². The van der Waals surface area contributed by atoms with Gasteiger partial charge in [0.25, 0.3) is 5.69 Å². The largest absolute Gasteiger partial charge is 0.456 e. The van der Waals surface area contributed by atoms with Crippen LogP contribution >= 0.6 is 0 Å². The standard InChI is InChI=1S/C27H26F2N2O2/c1-5-17-10-11-22(30(4)15-17)24(32)33-16-27-19-13-18(28)14-20(29)23(19)21-9-7-8-12-31(21)25(27)26(27,3)6-2/h5,7-15,25H,1,6,16H2,2-4H3/q+2. The summed E-state index contributed by atoms with van der Waals surface area (Å²) in [7, 11) is 1.77. The quantitative estimate of drug-likeness (QED) is 0.427. The van der Waals surface area contributed by atoms with Crippen LogP contribution in [0, 0.1) is 17.0 Å². The highest BCUT2D eigenvalue weighted by Crippen LogP contribution is 2.74. The Morgan fingerprint density at radius 1 is 1.24 bits per heavy atom. The molecule has 1 saturated carbocycles. The Bertz CT molecular complexity index is 1320. The third-order valence-corrected chi connectivity index (χ3v) is 7.73. The van der Waals surface area contributed by atoms with E-state index >= 15 is 4.39 Å². The van der Waals surface area contributed by atoms with Gasteiger partial charge in [-0.15, -0.1) is 0 Å². The molecular weight excluding hydrogens is 422 g/mol. The second-order valence-electron chi connectivity index (χ2n) is 9.19. The van der Waals surface area contributed by atoms with Crippen LogP contribution in [0.3, 0.4) is 0 Å². The summed E-state index contributed by atoms with van der Waals surface area (Å²) >= 11 is 0. The normalized spacial score (nSPS) is 24.3. The lowest BCUT2D eigenvalue weighted by Crippen LogP contribution is -2.44. The van der Waals surface area contributed by atoms with Crippen molar-refractivity contribution in [1.29, 1.82) is 0 Å². The lowest BCUT2D eigenvalue weighted by Gasteiger charge is -2.24. The van der Waals surface area contributed by atoms with Crippen molar-refractivity contribution in [3.8, 4) is 11.3 Å². The molecule has 0 N–H and O–H groups in total. The summed E-state index contributed by atoms with van der Waals surface area (Å²) in [6.45, 7) is 7.94. The molecule has 1 aromatic carbocycles. The van der Waals surface area contributed by atoms with Crippen LogP contribution in [0.2, 0.25) is 0 Å². The van der Waals surface area contributed by atoms with Crippen LogP contribution in [-0.4, -0.2) is 12.6 Å². The molecule has 0 bridgehead atoms. The number of rotatable bonds is 5. The SMILES string of the molecule is C=Cc1ccc(C(=O)OCC23c4cc(F)cc(F)c4-c4cccc[n+]4C2C3(C)CC)[n+](C)c1. The Hall–Kier alpha value is -3.41. The van der Waals surface area contributed by atoms with Gasteiger partial charge in [0.2, 0.25) is 5.69 Å². The van der Waals surface area contributed by atoms with E-state index < -0.39 is 23.0 Å². The van der Waals surface area contributed by atoms with E-state index in [2.05, 4.69) is 25.0 Å². The van der Waals surface area contributed by atoms with E-state index in [-0.39, 0.29) is 18.1 Å². The van der Waals surface area contributed by atoms with E-state index in [1.807, 2.05) is 24.4 Å². The first kappa shape index (κ1) is 21.4. The van der Waals surface area contributed by atoms with Crippen molar-refractivity contribution in [2.45, 2.75) is 31.7 Å². The summed E-state index contributed by atoms with van der Waals surface area (Å²) in [6.07, 6.45) is 6.18. The summed E-state index contributed by atoms with van der Waals surface area (Å²) in [5.41, 5.74) is 1.86. The third kappa shape index (κ3) is 2.82. The van der Waals surface area contributed by atoms with E-state index in [0.717, 1.165) is 18.1 Å². The van der Waals surface area contributed by atoms with Gasteiger partial charge in [-0.1, -0.05) is 26.5 Å². The number of fused-ring (bicyclic) bond motifs is 6. The Morgan fingerprint density at radius 2 is 2.03 bits per heavy atom. The number of carbonyl (C=O) groups is 1. The van der Waals surface area contributed by atoms with Crippen molar-refractivity contribution in [1.82, 2.24) is 0 Å². The van der Waals surface area contributed by atoms with Crippen molar-refractivity contribution in [2.24, 2.45) is 12.5 Å². The molecule has 1 aliphatic carbocycles. The topological polar surface area (TPSA) is 34.1 Å². The van der Waals surface area contributed by atoms with E-state index in [0.29, 0.717) is 22.5 Å². The molecule has 1 aliphatic heterocycles. The van der Waals surface area contributed by atoms with Crippen LogP contribution < -0.4 is 9.13 Å². The van der Waals surface area contributed by atoms with Gasteiger partial charge in [0.1, 0.15) is 30.7 Å². The van der Waals surface area contributed by atoms with Gasteiger partial charge >= 0.3 is 5.97 Å². The fourth-order valence-electron chi connectivity index (χ4n) is 5.86. The van der Waals surface area contributed by atoms with E-state index in [9.17, 15) is 9.18 Å². The van der Waals surface area contributed by atoms with E-state index in [4.69, 9.17) is 4.74 Å². The average molecular weight is 449 g/mol. The molecule has 3 atom stereocenters. The molecule has 3 aromatic rings. The number of benzene rings is 1. The van der Waals surface area contributed by atoms with Gasteiger partial charge in [-0.3, -0.25) is 0 Å². The minimum Gasteiger partial charge on any atom is -0.456 e. The van der Waals surface area contributed by atoms with Gasteiger partial charge in [0, 0.05) is 35.2 Å². The monoisotopic (exact) mass is 448 g/mol. The number of hydrogen-bond acceptors (Lipinski definition) is 2. The molecule has 0 radical (unpaired) electrons. The number of aromatic nitrogens is 2. The smallest absolute Gasteiger partial charge is 0.403 e. The summed E-state index contributed by atoms with van der Waals surface area (Å²) in [6, 6.07) is 11.4. The van der Waals surface area contributed by atoms with Crippen LogP contribution in [0.5, 0.6) is 0 Å². The number of nitrogens with zero attached hydrogens (tertiary/aromatic N) is 2. The van der Waals surface area contributed by atoms with Crippen molar-refractivity contribution < 1.29 is 27.4 Å². The second-order valence-corrected chi connectivity index (χ2v) is 9.19. The highest BCUT2D eigenvalue weighted by molar-refractivity contribution is 5.86. The number of carbonyl (C=O) groups excluding carboxylic acids is 1. The zero-order valence-corrected chi connectivity index (χ0v) is 18.9. The summed E-state index contributed by atoms with van der Waals surface area (Å²) < 4.78 is 39.2. The minimum absolute atomic E-state index is 0.0290. The van der Waals surface area contributed by atoms with Gasteiger partial charge in [0.15, 0.2) is 18.4 Å². The highest BCUT2D eigenvalue weighted by Gasteiger charge is 2.83. The zero-order valence-electron chi connectivity index (χ0n) is 18.9. The minimum atomic E-state index is -0.728. The first-order chi connectivity index (χ1) is 15.8. The van der Waals surface area contributed by atoms with Crippen LogP contribution in [0.4, 0.5) is 8.78 Å². The molecule has 33 heavy (non-hydrogen) atoms. The van der Waals surface area contributed by atoms with Gasteiger partial charge < -0.3 is 4.74 Å². The number of pyridine rings is 2. The Kier molecular flexibility index (Phi) is 4.74. The fraction of sp³-hybridized carbons (Fsp3) is 0.296. The lowest BCUT2D eigenvalue weighted by atomic mass is 9.81. The number of halogens is 2. The molecule has 0 amide bonds. The molecule has 0 spiro atoms. The molecule has 168 valence electrons. The second kappa shape index (κ2) is 7.30. The van der Waals surface area contributed by atoms with E-state index in [1.165, 1.54) is 6.07 Å².